The summed E-state index contributed by atoms with van der Waals surface area (Å²) >= 11 is 0. The highest BCUT2D eigenvalue weighted by Crippen LogP contribution is 2.16. The SMILES string of the molecule is C=Cc1ccc(C(=O)CCCC)cc1C(C)=O.CC.[HH]. The molecule has 0 N–H and O–H groups in total. The van der Waals surface area contributed by atoms with Gasteiger partial charge in [0.15, 0.2) is 11.6 Å². The second kappa shape index (κ2) is 9.26. The summed E-state index contributed by atoms with van der Waals surface area (Å²) in [6, 6.07) is 5.22. The van der Waals surface area contributed by atoms with Crippen LogP contribution >= 0.6 is 0 Å². The largest absolute Gasteiger partial charge is 0.294 e. The Hall–Kier alpha value is -1.70. The van der Waals surface area contributed by atoms with Crippen LogP contribution in [0.4, 0.5) is 0 Å². The van der Waals surface area contributed by atoms with Crippen LogP contribution in [0.5, 0.6) is 0 Å². The van der Waals surface area contributed by atoms with Crippen LogP contribution in [-0.4, -0.2) is 11.6 Å². The molecule has 0 atom stereocenters. The van der Waals surface area contributed by atoms with Crippen LogP contribution in [0.25, 0.3) is 6.08 Å². The normalized spacial score (nSPS) is 9.26. The third-order valence-corrected chi connectivity index (χ3v) is 2.73. The van der Waals surface area contributed by atoms with Crippen LogP contribution in [0.2, 0.25) is 0 Å². The summed E-state index contributed by atoms with van der Waals surface area (Å²) in [5.74, 6) is 0.0648. The molecule has 1 rings (SSSR count). The van der Waals surface area contributed by atoms with Crippen molar-refractivity contribution < 1.29 is 11.0 Å². The van der Waals surface area contributed by atoms with Gasteiger partial charge in [-0.25, -0.2) is 0 Å². The summed E-state index contributed by atoms with van der Waals surface area (Å²) in [4.78, 5) is 23.3. The van der Waals surface area contributed by atoms with Crippen molar-refractivity contribution >= 4 is 17.6 Å². The van der Waals surface area contributed by atoms with Crippen LogP contribution in [0.15, 0.2) is 24.8 Å². The summed E-state index contributed by atoms with van der Waals surface area (Å²) in [7, 11) is 0. The molecule has 0 aliphatic carbocycles. The van der Waals surface area contributed by atoms with Gasteiger partial charge in [-0.15, -0.1) is 0 Å². The van der Waals surface area contributed by atoms with Crippen molar-refractivity contribution in [2.24, 2.45) is 0 Å². The molecule has 0 saturated heterocycles. The third kappa shape index (κ3) is 5.21. The van der Waals surface area contributed by atoms with E-state index in [2.05, 4.69) is 13.5 Å². The van der Waals surface area contributed by atoms with E-state index in [9.17, 15) is 9.59 Å². The van der Waals surface area contributed by atoms with Crippen molar-refractivity contribution in [1.29, 1.82) is 0 Å². The highest BCUT2D eigenvalue weighted by atomic mass is 16.1. The van der Waals surface area contributed by atoms with E-state index in [1.54, 1.807) is 24.3 Å². The highest BCUT2D eigenvalue weighted by Gasteiger charge is 2.10. The van der Waals surface area contributed by atoms with Gasteiger partial charge in [-0.05, 0) is 25.0 Å². The molecular formula is C17H26O2. The van der Waals surface area contributed by atoms with Crippen molar-refractivity contribution in [3.63, 3.8) is 0 Å². The monoisotopic (exact) mass is 262 g/mol. The van der Waals surface area contributed by atoms with E-state index in [0.717, 1.165) is 18.4 Å². The Morgan fingerprint density at radius 1 is 1.32 bits per heavy atom. The zero-order valence-electron chi connectivity index (χ0n) is 12.5. The number of benzene rings is 1. The molecule has 0 amide bonds. The molecule has 0 spiro atoms. The van der Waals surface area contributed by atoms with Gasteiger partial charge in [-0.3, -0.25) is 9.59 Å². The second-order valence-electron chi connectivity index (χ2n) is 4.09. The van der Waals surface area contributed by atoms with Crippen molar-refractivity contribution in [3.8, 4) is 0 Å². The molecule has 2 heteroatoms. The van der Waals surface area contributed by atoms with Gasteiger partial charge in [0.1, 0.15) is 0 Å². The lowest BCUT2D eigenvalue weighted by molar-refractivity contribution is 0.0979. The van der Waals surface area contributed by atoms with Gasteiger partial charge in [0.05, 0.1) is 0 Å². The molecule has 2 nitrogen and oxygen atoms in total. The topological polar surface area (TPSA) is 34.1 Å². The summed E-state index contributed by atoms with van der Waals surface area (Å²) in [5, 5.41) is 0. The first kappa shape index (κ1) is 17.3. The maximum atomic E-state index is 11.8. The molecule has 0 bridgehead atoms. The molecule has 0 heterocycles. The highest BCUT2D eigenvalue weighted by molar-refractivity contribution is 6.02. The second-order valence-corrected chi connectivity index (χ2v) is 4.09. The Morgan fingerprint density at radius 3 is 2.42 bits per heavy atom. The van der Waals surface area contributed by atoms with Crippen molar-refractivity contribution in [2.45, 2.75) is 47.0 Å². The maximum absolute atomic E-state index is 11.8. The quantitative estimate of drug-likeness (QED) is 0.662. The van der Waals surface area contributed by atoms with Crippen molar-refractivity contribution in [1.82, 2.24) is 0 Å². The number of carbonyl (C=O) groups is 2. The Kier molecular flexibility index (Phi) is 8.43. The van der Waals surface area contributed by atoms with Gasteiger partial charge >= 0.3 is 0 Å². The molecule has 106 valence electrons. The molecule has 1 aromatic carbocycles. The van der Waals surface area contributed by atoms with Gasteiger partial charge in [0.2, 0.25) is 0 Å². The number of rotatable bonds is 6. The number of carbonyl (C=O) groups excluding carboxylic acids is 2. The minimum absolute atomic E-state index is 0. The lowest BCUT2D eigenvalue weighted by Crippen LogP contribution is -2.03. The van der Waals surface area contributed by atoms with E-state index in [-0.39, 0.29) is 13.0 Å². The average Bonchev–Trinajstić information content (AvgIpc) is 2.46. The van der Waals surface area contributed by atoms with Gasteiger partial charge in [-0.2, -0.15) is 0 Å². The zero-order valence-corrected chi connectivity index (χ0v) is 12.5. The molecule has 1 aromatic rings. The maximum Gasteiger partial charge on any atom is 0.162 e. The van der Waals surface area contributed by atoms with Crippen molar-refractivity contribution in [2.75, 3.05) is 0 Å². The standard InChI is InChI=1S/C15H18O2.C2H6.H2/c1-4-6-7-15(17)13-9-8-12(5-2)14(10-13)11(3)16;1-2;/h5,8-10H,2,4,6-7H2,1,3H3;1-2H3;1H. The predicted molar refractivity (Wildman–Crippen MR) is 83.9 cm³/mol. The van der Waals surface area contributed by atoms with Crippen LogP contribution in [0, 0.1) is 0 Å². The molecule has 0 saturated carbocycles. The van der Waals surface area contributed by atoms with Crippen LogP contribution in [0.1, 0.15) is 74.7 Å². The molecule has 19 heavy (non-hydrogen) atoms. The van der Waals surface area contributed by atoms with Crippen LogP contribution in [-0.2, 0) is 0 Å². The minimum Gasteiger partial charge on any atom is -0.294 e. The van der Waals surface area contributed by atoms with Gasteiger partial charge in [0, 0.05) is 19.0 Å². The number of ketones is 2. The fraction of sp³-hybridized carbons (Fsp3) is 0.412. The summed E-state index contributed by atoms with van der Waals surface area (Å²) in [6.07, 6.45) is 4.06. The number of hydrogen-bond acceptors (Lipinski definition) is 2. The molecule has 0 fully saturated rings. The Labute approximate surface area is 118 Å². The van der Waals surface area contributed by atoms with Gasteiger partial charge < -0.3 is 0 Å². The first-order chi connectivity index (χ1) is 9.10. The van der Waals surface area contributed by atoms with E-state index in [1.807, 2.05) is 13.8 Å². The molecule has 0 radical (unpaired) electrons. The van der Waals surface area contributed by atoms with Gasteiger partial charge in [0.25, 0.3) is 0 Å². The number of Topliss-reactive ketones (excluding diaryl/α,β-unsaturated/α-hetero) is 2. The molecule has 0 aliphatic heterocycles. The number of unbranched alkanes of at least 4 members (excludes halogenated alkanes) is 1. The molecular weight excluding hydrogens is 236 g/mol. The lowest BCUT2D eigenvalue weighted by Gasteiger charge is -2.06. The Morgan fingerprint density at radius 2 is 1.95 bits per heavy atom. The van der Waals surface area contributed by atoms with E-state index in [4.69, 9.17) is 0 Å². The third-order valence-electron chi connectivity index (χ3n) is 2.73. The zero-order chi connectivity index (χ0) is 14.8. The fourth-order valence-electron chi connectivity index (χ4n) is 1.69. The van der Waals surface area contributed by atoms with Crippen LogP contribution < -0.4 is 0 Å². The first-order valence-corrected chi connectivity index (χ1v) is 6.90. The summed E-state index contributed by atoms with van der Waals surface area (Å²) in [5.41, 5.74) is 1.97. The Balaban J connectivity index is 0. The van der Waals surface area contributed by atoms with E-state index in [1.165, 1.54) is 6.92 Å². The lowest BCUT2D eigenvalue weighted by atomic mass is 9.97. The average molecular weight is 262 g/mol. The fourth-order valence-corrected chi connectivity index (χ4v) is 1.69. The van der Waals surface area contributed by atoms with Crippen molar-refractivity contribution in [3.05, 3.63) is 41.5 Å². The molecule has 0 aromatic heterocycles. The first-order valence-electron chi connectivity index (χ1n) is 6.90. The van der Waals surface area contributed by atoms with E-state index in [0.29, 0.717) is 17.5 Å². The summed E-state index contributed by atoms with van der Waals surface area (Å²) in [6.45, 7) is 11.2. The van der Waals surface area contributed by atoms with Gasteiger partial charge in [-0.1, -0.05) is 52.0 Å². The Bertz CT molecular complexity index is 450. The van der Waals surface area contributed by atoms with E-state index >= 15 is 0 Å². The molecule has 0 aliphatic rings. The van der Waals surface area contributed by atoms with E-state index < -0.39 is 0 Å². The smallest absolute Gasteiger partial charge is 0.162 e. The molecule has 0 unspecified atom stereocenters. The van der Waals surface area contributed by atoms with Crippen LogP contribution in [0.3, 0.4) is 0 Å². The number of hydrogen-bond donors (Lipinski definition) is 0. The minimum atomic E-state index is -0.0370. The predicted octanol–water partition coefficient (Wildman–Crippen LogP) is 5.18. The summed E-state index contributed by atoms with van der Waals surface area (Å²) < 4.78 is 0.